The molecular weight excluding hydrogens is 395 g/mol. The number of hydrogen-bond acceptors (Lipinski definition) is 2. The second kappa shape index (κ2) is 8.18. The molecule has 154 valence electrons. The maximum atomic E-state index is 13.3. The molecule has 0 unspecified atom stereocenters. The Hall–Kier alpha value is -2.97. The minimum Gasteiger partial charge on any atom is -0.339 e. The first-order valence-corrected chi connectivity index (χ1v) is 8.83. The lowest BCUT2D eigenvalue weighted by atomic mass is 10.1. The summed E-state index contributed by atoms with van der Waals surface area (Å²) in [5, 5.41) is 0. The third-order valence-corrected chi connectivity index (χ3v) is 4.70. The van der Waals surface area contributed by atoms with Crippen molar-refractivity contribution in [2.75, 3.05) is 26.2 Å². The molecule has 2 aromatic rings. The first kappa shape index (κ1) is 20.8. The molecule has 0 N–H and O–H groups in total. The summed E-state index contributed by atoms with van der Waals surface area (Å²) in [5.74, 6) is -2.99. The average Bonchev–Trinajstić information content (AvgIpc) is 2.69. The molecule has 1 heterocycles. The fourth-order valence-electron chi connectivity index (χ4n) is 3.11. The molecule has 0 aromatic heterocycles. The molecule has 1 aliphatic heterocycles. The van der Waals surface area contributed by atoms with Gasteiger partial charge >= 0.3 is 6.18 Å². The van der Waals surface area contributed by atoms with Gasteiger partial charge < -0.3 is 9.80 Å². The Morgan fingerprint density at radius 3 is 2.14 bits per heavy atom. The molecule has 1 aliphatic rings. The zero-order chi connectivity index (χ0) is 21.2. The van der Waals surface area contributed by atoms with Gasteiger partial charge in [-0.05, 0) is 29.8 Å². The molecule has 3 rings (SSSR count). The van der Waals surface area contributed by atoms with Crippen LogP contribution in [0.3, 0.4) is 0 Å². The molecule has 0 bridgehead atoms. The van der Waals surface area contributed by atoms with Gasteiger partial charge in [0.05, 0.1) is 12.0 Å². The van der Waals surface area contributed by atoms with Crippen LogP contribution in [-0.2, 0) is 17.4 Å². The van der Waals surface area contributed by atoms with Gasteiger partial charge in [0.25, 0.3) is 5.91 Å². The van der Waals surface area contributed by atoms with Crippen molar-refractivity contribution in [2.45, 2.75) is 12.6 Å². The van der Waals surface area contributed by atoms with Gasteiger partial charge in [-0.15, -0.1) is 0 Å². The number of nitrogens with zero attached hydrogens (tertiary/aromatic N) is 2. The van der Waals surface area contributed by atoms with Crippen LogP contribution in [0.4, 0.5) is 22.0 Å². The Kier molecular flexibility index (Phi) is 5.86. The Labute approximate surface area is 163 Å². The quantitative estimate of drug-likeness (QED) is 0.724. The van der Waals surface area contributed by atoms with Crippen LogP contribution in [0.1, 0.15) is 21.5 Å². The van der Waals surface area contributed by atoms with Crippen LogP contribution in [0.25, 0.3) is 0 Å². The van der Waals surface area contributed by atoms with Gasteiger partial charge in [0.2, 0.25) is 5.91 Å². The minimum atomic E-state index is -4.48. The predicted molar refractivity (Wildman–Crippen MR) is 94.0 cm³/mol. The number of piperazine rings is 1. The van der Waals surface area contributed by atoms with E-state index in [4.69, 9.17) is 0 Å². The lowest BCUT2D eigenvalue weighted by Crippen LogP contribution is -2.51. The molecule has 1 fully saturated rings. The Morgan fingerprint density at radius 2 is 1.52 bits per heavy atom. The van der Waals surface area contributed by atoms with Crippen molar-refractivity contribution in [3.8, 4) is 0 Å². The highest BCUT2D eigenvalue weighted by molar-refractivity contribution is 5.94. The normalized spacial score (nSPS) is 14.8. The summed E-state index contributed by atoms with van der Waals surface area (Å²) in [6, 6.07) is 7.48. The smallest absolute Gasteiger partial charge is 0.339 e. The summed E-state index contributed by atoms with van der Waals surface area (Å²) >= 11 is 0. The number of carbonyl (C=O) groups excluding carboxylic acids is 2. The first-order chi connectivity index (χ1) is 13.6. The van der Waals surface area contributed by atoms with E-state index in [-0.39, 0.29) is 49.6 Å². The summed E-state index contributed by atoms with van der Waals surface area (Å²) in [6.07, 6.45) is -4.66. The van der Waals surface area contributed by atoms with Crippen LogP contribution in [0.2, 0.25) is 0 Å². The standard InChI is InChI=1S/C20H17F5N2O2/c21-16-5-4-14(12-17(16)22)19(29)27-8-6-26(7-9-27)18(28)11-13-2-1-3-15(10-13)20(23,24)25/h1-5,10,12H,6-9,11H2. The van der Waals surface area contributed by atoms with Crippen molar-refractivity contribution in [1.29, 1.82) is 0 Å². The van der Waals surface area contributed by atoms with Crippen molar-refractivity contribution in [3.05, 3.63) is 70.8 Å². The third kappa shape index (κ3) is 4.90. The number of alkyl halides is 3. The first-order valence-electron chi connectivity index (χ1n) is 8.83. The predicted octanol–water partition coefficient (Wildman–Crippen LogP) is 3.51. The number of halogens is 5. The van der Waals surface area contributed by atoms with Crippen LogP contribution in [0, 0.1) is 11.6 Å². The molecule has 0 aliphatic carbocycles. The zero-order valence-electron chi connectivity index (χ0n) is 15.2. The maximum absolute atomic E-state index is 13.3. The second-order valence-corrected chi connectivity index (χ2v) is 6.68. The molecule has 1 saturated heterocycles. The van der Waals surface area contributed by atoms with E-state index in [2.05, 4.69) is 0 Å². The molecular formula is C20H17F5N2O2. The molecule has 2 aromatic carbocycles. The van der Waals surface area contributed by atoms with Gasteiger partial charge in [-0.3, -0.25) is 9.59 Å². The molecule has 0 saturated carbocycles. The highest BCUT2D eigenvalue weighted by Crippen LogP contribution is 2.29. The van der Waals surface area contributed by atoms with Crippen molar-refractivity contribution in [3.63, 3.8) is 0 Å². The number of carbonyl (C=O) groups is 2. The van der Waals surface area contributed by atoms with Crippen LogP contribution in [-0.4, -0.2) is 47.8 Å². The Balaban J connectivity index is 1.58. The van der Waals surface area contributed by atoms with Crippen LogP contribution < -0.4 is 0 Å². The van der Waals surface area contributed by atoms with Crippen molar-refractivity contribution in [1.82, 2.24) is 9.80 Å². The summed E-state index contributed by atoms with van der Waals surface area (Å²) in [5.41, 5.74) is -0.553. The monoisotopic (exact) mass is 412 g/mol. The SMILES string of the molecule is O=C(Cc1cccc(C(F)(F)F)c1)N1CCN(C(=O)c2ccc(F)c(F)c2)CC1. The molecule has 0 spiro atoms. The maximum Gasteiger partial charge on any atom is 0.416 e. The second-order valence-electron chi connectivity index (χ2n) is 6.68. The Morgan fingerprint density at radius 1 is 0.862 bits per heavy atom. The van der Waals surface area contributed by atoms with Crippen molar-refractivity contribution < 1.29 is 31.5 Å². The number of hydrogen-bond donors (Lipinski definition) is 0. The van der Waals surface area contributed by atoms with E-state index in [1.165, 1.54) is 28.0 Å². The highest BCUT2D eigenvalue weighted by Gasteiger charge is 2.31. The van der Waals surface area contributed by atoms with Gasteiger partial charge in [-0.25, -0.2) is 8.78 Å². The van der Waals surface area contributed by atoms with Gasteiger partial charge in [-0.2, -0.15) is 13.2 Å². The fourth-order valence-corrected chi connectivity index (χ4v) is 3.11. The van der Waals surface area contributed by atoms with E-state index in [0.717, 1.165) is 24.3 Å². The van der Waals surface area contributed by atoms with E-state index in [1.54, 1.807) is 0 Å². The Bertz CT molecular complexity index is 921. The van der Waals surface area contributed by atoms with Crippen molar-refractivity contribution >= 4 is 11.8 Å². The molecule has 9 heteroatoms. The summed E-state index contributed by atoms with van der Waals surface area (Å²) in [6.45, 7) is 0.777. The van der Waals surface area contributed by atoms with E-state index in [1.807, 2.05) is 0 Å². The van der Waals surface area contributed by atoms with E-state index in [0.29, 0.717) is 0 Å². The van der Waals surface area contributed by atoms with Crippen LogP contribution in [0.5, 0.6) is 0 Å². The van der Waals surface area contributed by atoms with E-state index >= 15 is 0 Å². The van der Waals surface area contributed by atoms with Gasteiger partial charge in [0.15, 0.2) is 11.6 Å². The van der Waals surface area contributed by atoms with E-state index < -0.39 is 29.3 Å². The van der Waals surface area contributed by atoms with Gasteiger partial charge in [0, 0.05) is 31.7 Å². The summed E-state index contributed by atoms with van der Waals surface area (Å²) in [4.78, 5) is 27.7. The number of rotatable bonds is 3. The largest absolute Gasteiger partial charge is 0.416 e. The summed E-state index contributed by atoms with van der Waals surface area (Å²) in [7, 11) is 0. The highest BCUT2D eigenvalue weighted by atomic mass is 19.4. The lowest BCUT2D eigenvalue weighted by molar-refractivity contribution is -0.138. The number of benzene rings is 2. The zero-order valence-corrected chi connectivity index (χ0v) is 15.2. The molecule has 2 amide bonds. The topological polar surface area (TPSA) is 40.6 Å². The summed E-state index contributed by atoms with van der Waals surface area (Å²) < 4.78 is 64.7. The fraction of sp³-hybridized carbons (Fsp3) is 0.300. The third-order valence-electron chi connectivity index (χ3n) is 4.70. The van der Waals surface area contributed by atoms with Gasteiger partial charge in [-0.1, -0.05) is 18.2 Å². The molecule has 0 radical (unpaired) electrons. The van der Waals surface area contributed by atoms with E-state index in [9.17, 15) is 31.5 Å². The molecule has 4 nitrogen and oxygen atoms in total. The van der Waals surface area contributed by atoms with Gasteiger partial charge in [0.1, 0.15) is 0 Å². The molecule has 29 heavy (non-hydrogen) atoms. The molecule has 0 atom stereocenters. The van der Waals surface area contributed by atoms with Crippen LogP contribution in [0.15, 0.2) is 42.5 Å². The minimum absolute atomic E-state index is 0.00708. The average molecular weight is 412 g/mol. The lowest BCUT2D eigenvalue weighted by Gasteiger charge is -2.35. The van der Waals surface area contributed by atoms with Crippen LogP contribution >= 0.6 is 0 Å². The number of amides is 2. The van der Waals surface area contributed by atoms with Crippen molar-refractivity contribution in [2.24, 2.45) is 0 Å².